The Balaban J connectivity index is 1.37. The van der Waals surface area contributed by atoms with Crippen molar-refractivity contribution in [3.8, 4) is 0 Å². The number of amides is 1. The van der Waals surface area contributed by atoms with Crippen molar-refractivity contribution in [3.63, 3.8) is 0 Å². The Morgan fingerprint density at radius 1 is 1.19 bits per heavy atom. The number of benzene rings is 2. The van der Waals surface area contributed by atoms with E-state index in [9.17, 15) is 4.79 Å². The molecule has 0 bridgehead atoms. The molecular formula is C20H23N3OS2. The van der Waals surface area contributed by atoms with E-state index in [2.05, 4.69) is 53.4 Å². The molecule has 4 nitrogen and oxygen atoms in total. The molecule has 0 saturated carbocycles. The van der Waals surface area contributed by atoms with Crippen molar-refractivity contribution >= 4 is 40.5 Å². The fourth-order valence-corrected chi connectivity index (χ4v) is 4.03. The van der Waals surface area contributed by atoms with Gasteiger partial charge in [-0.15, -0.1) is 23.5 Å². The molecule has 0 aliphatic heterocycles. The lowest BCUT2D eigenvalue weighted by molar-refractivity contribution is -0.118. The highest BCUT2D eigenvalue weighted by Gasteiger charge is 2.13. The minimum Gasteiger partial charge on any atom is -0.355 e. The van der Waals surface area contributed by atoms with Gasteiger partial charge in [-0.25, -0.2) is 4.98 Å². The van der Waals surface area contributed by atoms with Crippen LogP contribution in [0.2, 0.25) is 0 Å². The maximum absolute atomic E-state index is 12.0. The SMILES string of the molecule is Cc1ccc(SCCNC(=O)CSC(C)c2nc3ccccc3[nH]2)cc1. The van der Waals surface area contributed by atoms with E-state index in [-0.39, 0.29) is 11.2 Å². The molecular weight excluding hydrogens is 362 g/mol. The van der Waals surface area contributed by atoms with Crippen LogP contribution in [-0.4, -0.2) is 33.9 Å². The van der Waals surface area contributed by atoms with Gasteiger partial charge in [0.1, 0.15) is 5.82 Å². The van der Waals surface area contributed by atoms with Gasteiger partial charge in [0.15, 0.2) is 0 Å². The smallest absolute Gasteiger partial charge is 0.230 e. The average molecular weight is 386 g/mol. The summed E-state index contributed by atoms with van der Waals surface area (Å²) in [5, 5.41) is 3.13. The first kappa shape index (κ1) is 18.9. The number of thioether (sulfide) groups is 2. The lowest BCUT2D eigenvalue weighted by Crippen LogP contribution is -2.27. The molecule has 0 spiro atoms. The monoisotopic (exact) mass is 385 g/mol. The number of carbonyl (C=O) groups is 1. The number of carbonyl (C=O) groups excluding carboxylic acids is 1. The predicted molar refractivity (Wildman–Crippen MR) is 112 cm³/mol. The van der Waals surface area contributed by atoms with E-state index in [0.29, 0.717) is 12.3 Å². The first-order valence-corrected chi connectivity index (χ1v) is 10.7. The van der Waals surface area contributed by atoms with E-state index in [1.165, 1.54) is 10.5 Å². The number of hydrogen-bond acceptors (Lipinski definition) is 4. The summed E-state index contributed by atoms with van der Waals surface area (Å²) in [7, 11) is 0. The Labute approximate surface area is 162 Å². The number of rotatable bonds is 8. The van der Waals surface area contributed by atoms with Gasteiger partial charge in [-0.3, -0.25) is 4.79 Å². The molecule has 3 aromatic rings. The molecule has 1 amide bonds. The third kappa shape index (κ3) is 5.29. The van der Waals surface area contributed by atoms with Gasteiger partial charge in [0.05, 0.1) is 22.0 Å². The normalized spacial score (nSPS) is 12.2. The maximum atomic E-state index is 12.0. The van der Waals surface area contributed by atoms with Gasteiger partial charge in [0.25, 0.3) is 0 Å². The summed E-state index contributed by atoms with van der Waals surface area (Å²) in [6.07, 6.45) is 0. The quantitative estimate of drug-likeness (QED) is 0.440. The van der Waals surface area contributed by atoms with Crippen LogP contribution in [0.3, 0.4) is 0 Å². The van der Waals surface area contributed by atoms with Crippen molar-refractivity contribution in [2.45, 2.75) is 24.0 Å². The third-order valence-corrected chi connectivity index (χ3v) is 6.14. The lowest BCUT2D eigenvalue weighted by atomic mass is 10.2. The lowest BCUT2D eigenvalue weighted by Gasteiger charge is -2.09. The molecule has 136 valence electrons. The van der Waals surface area contributed by atoms with Gasteiger partial charge >= 0.3 is 0 Å². The number of nitrogens with one attached hydrogen (secondary N) is 2. The maximum Gasteiger partial charge on any atom is 0.230 e. The molecule has 26 heavy (non-hydrogen) atoms. The van der Waals surface area contributed by atoms with Crippen molar-refractivity contribution in [1.82, 2.24) is 15.3 Å². The van der Waals surface area contributed by atoms with E-state index in [1.54, 1.807) is 23.5 Å². The molecule has 1 aromatic heterocycles. The van der Waals surface area contributed by atoms with Crippen LogP contribution in [0, 0.1) is 6.92 Å². The second-order valence-electron chi connectivity index (χ2n) is 6.10. The summed E-state index contributed by atoms with van der Waals surface area (Å²) in [5.74, 6) is 2.30. The summed E-state index contributed by atoms with van der Waals surface area (Å²) < 4.78 is 0. The topological polar surface area (TPSA) is 57.8 Å². The molecule has 0 radical (unpaired) electrons. The van der Waals surface area contributed by atoms with Crippen LogP contribution >= 0.6 is 23.5 Å². The molecule has 3 rings (SSSR count). The van der Waals surface area contributed by atoms with E-state index in [1.807, 2.05) is 24.3 Å². The highest BCUT2D eigenvalue weighted by molar-refractivity contribution is 8.00. The van der Waals surface area contributed by atoms with E-state index in [0.717, 1.165) is 22.6 Å². The number of aryl methyl sites for hydroxylation is 1. The Morgan fingerprint density at radius 2 is 1.96 bits per heavy atom. The van der Waals surface area contributed by atoms with Crippen LogP contribution in [-0.2, 0) is 4.79 Å². The van der Waals surface area contributed by atoms with Crippen LogP contribution in [0.15, 0.2) is 53.4 Å². The number of aromatic nitrogens is 2. The Hall–Kier alpha value is -1.92. The van der Waals surface area contributed by atoms with Crippen LogP contribution < -0.4 is 5.32 Å². The van der Waals surface area contributed by atoms with Gasteiger partial charge in [0, 0.05) is 17.2 Å². The minimum absolute atomic E-state index is 0.0717. The summed E-state index contributed by atoms with van der Waals surface area (Å²) in [4.78, 5) is 21.2. The van der Waals surface area contributed by atoms with E-state index >= 15 is 0 Å². The van der Waals surface area contributed by atoms with Crippen molar-refractivity contribution in [3.05, 3.63) is 59.9 Å². The molecule has 2 aromatic carbocycles. The van der Waals surface area contributed by atoms with Crippen LogP contribution in [0.5, 0.6) is 0 Å². The predicted octanol–water partition coefficient (Wildman–Crippen LogP) is 4.57. The average Bonchev–Trinajstić information content (AvgIpc) is 3.09. The standard InChI is InChI=1S/C20H23N3OS2/c1-14-7-9-16(10-8-14)25-12-11-21-19(24)13-26-15(2)20-22-17-5-3-4-6-18(17)23-20/h3-10,15H,11-13H2,1-2H3,(H,21,24)(H,22,23). The molecule has 1 atom stereocenters. The molecule has 1 unspecified atom stereocenters. The van der Waals surface area contributed by atoms with Gasteiger partial charge < -0.3 is 10.3 Å². The zero-order valence-corrected chi connectivity index (χ0v) is 16.6. The number of hydrogen-bond donors (Lipinski definition) is 2. The van der Waals surface area contributed by atoms with Crippen molar-refractivity contribution < 1.29 is 4.79 Å². The number of H-pyrrole nitrogens is 1. The fraction of sp³-hybridized carbons (Fsp3) is 0.300. The minimum atomic E-state index is 0.0717. The second-order valence-corrected chi connectivity index (χ2v) is 8.60. The van der Waals surface area contributed by atoms with Gasteiger partial charge in [0.2, 0.25) is 5.91 Å². The van der Waals surface area contributed by atoms with Gasteiger partial charge in [-0.1, -0.05) is 29.8 Å². The van der Waals surface area contributed by atoms with Crippen LogP contribution in [0.25, 0.3) is 11.0 Å². The Morgan fingerprint density at radius 3 is 2.73 bits per heavy atom. The Kier molecular flexibility index (Phi) is 6.63. The molecule has 6 heteroatoms. The highest BCUT2D eigenvalue weighted by Crippen LogP contribution is 2.27. The first-order valence-electron chi connectivity index (χ1n) is 8.64. The van der Waals surface area contributed by atoms with Crippen molar-refractivity contribution in [2.24, 2.45) is 0 Å². The molecule has 0 aliphatic rings. The molecule has 2 N–H and O–H groups in total. The molecule has 1 heterocycles. The molecule has 0 fully saturated rings. The van der Waals surface area contributed by atoms with Gasteiger partial charge in [-0.05, 0) is 38.1 Å². The summed E-state index contributed by atoms with van der Waals surface area (Å²) in [6, 6.07) is 16.4. The second kappa shape index (κ2) is 9.14. The number of nitrogens with zero attached hydrogens (tertiary/aromatic N) is 1. The van der Waals surface area contributed by atoms with Crippen molar-refractivity contribution in [1.29, 1.82) is 0 Å². The van der Waals surface area contributed by atoms with Crippen molar-refractivity contribution in [2.75, 3.05) is 18.1 Å². The first-order chi connectivity index (χ1) is 12.6. The number of para-hydroxylation sites is 2. The summed E-state index contributed by atoms with van der Waals surface area (Å²) >= 11 is 3.35. The largest absolute Gasteiger partial charge is 0.355 e. The highest BCUT2D eigenvalue weighted by atomic mass is 32.2. The number of imidazole rings is 1. The number of fused-ring (bicyclic) bond motifs is 1. The third-order valence-electron chi connectivity index (χ3n) is 3.97. The molecule has 0 saturated heterocycles. The summed E-state index contributed by atoms with van der Waals surface area (Å²) in [6.45, 7) is 4.83. The Bertz CT molecular complexity index is 828. The van der Waals surface area contributed by atoms with E-state index in [4.69, 9.17) is 0 Å². The fourth-order valence-electron chi connectivity index (χ4n) is 2.49. The van der Waals surface area contributed by atoms with Gasteiger partial charge in [-0.2, -0.15) is 0 Å². The molecule has 0 aliphatic carbocycles. The number of aromatic amines is 1. The summed E-state index contributed by atoms with van der Waals surface area (Å²) in [5.41, 5.74) is 3.26. The van der Waals surface area contributed by atoms with Crippen LogP contribution in [0.1, 0.15) is 23.6 Å². The zero-order valence-electron chi connectivity index (χ0n) is 15.0. The van der Waals surface area contributed by atoms with Crippen LogP contribution in [0.4, 0.5) is 0 Å². The zero-order chi connectivity index (χ0) is 18.4. The van der Waals surface area contributed by atoms with E-state index < -0.39 is 0 Å².